The van der Waals surface area contributed by atoms with Crippen molar-refractivity contribution in [3.05, 3.63) is 94.4 Å². The van der Waals surface area contributed by atoms with E-state index in [1.54, 1.807) is 18.2 Å². The topological polar surface area (TPSA) is 46.9 Å². The quantitative estimate of drug-likeness (QED) is 0.404. The number of carbonyl (C=O) groups is 1. The van der Waals surface area contributed by atoms with Crippen molar-refractivity contribution < 1.29 is 22.4 Å². The van der Waals surface area contributed by atoms with Crippen molar-refractivity contribution in [2.45, 2.75) is 12.7 Å². The van der Waals surface area contributed by atoms with E-state index >= 15 is 0 Å². The van der Waals surface area contributed by atoms with Crippen LogP contribution in [-0.4, -0.2) is 15.7 Å². The third kappa shape index (κ3) is 4.25. The molecule has 0 radical (unpaired) electrons. The van der Waals surface area contributed by atoms with E-state index in [9.17, 15) is 22.4 Å². The first kappa shape index (κ1) is 20.9. The Morgan fingerprint density at radius 1 is 1.06 bits per heavy atom. The number of hydrogen-bond acceptors (Lipinski definition) is 2. The highest BCUT2D eigenvalue weighted by Crippen LogP contribution is 2.29. The molecule has 9 heteroatoms. The average molecular weight is 448 g/mol. The van der Waals surface area contributed by atoms with Gasteiger partial charge in [0.05, 0.1) is 33.6 Å². The molecule has 0 aliphatic heterocycles. The zero-order valence-electron chi connectivity index (χ0n) is 15.8. The first-order valence-corrected chi connectivity index (χ1v) is 9.48. The van der Waals surface area contributed by atoms with Crippen LogP contribution in [0.2, 0.25) is 5.02 Å². The number of alkyl halides is 3. The normalized spacial score (nSPS) is 11.6. The lowest BCUT2D eigenvalue weighted by Gasteiger charge is -2.10. The zero-order chi connectivity index (χ0) is 22.2. The minimum atomic E-state index is -4.45. The Labute approximate surface area is 179 Å². The van der Waals surface area contributed by atoms with Crippen LogP contribution in [0.1, 0.15) is 21.5 Å². The van der Waals surface area contributed by atoms with Crippen molar-refractivity contribution in [3.63, 3.8) is 0 Å². The van der Waals surface area contributed by atoms with Crippen molar-refractivity contribution in [1.29, 1.82) is 0 Å². The fourth-order valence-electron chi connectivity index (χ4n) is 3.21. The molecule has 0 atom stereocenters. The second-order valence-electron chi connectivity index (χ2n) is 6.77. The highest BCUT2D eigenvalue weighted by Gasteiger charge is 2.30. The number of nitrogens with one attached hydrogen (secondary N) is 1. The average Bonchev–Trinajstić information content (AvgIpc) is 3.18. The molecule has 0 saturated heterocycles. The fourth-order valence-corrected chi connectivity index (χ4v) is 3.38. The smallest absolute Gasteiger partial charge is 0.348 e. The predicted octanol–water partition coefficient (Wildman–Crippen LogP) is 5.77. The summed E-state index contributed by atoms with van der Waals surface area (Å²) in [4.78, 5) is 12.7. The van der Waals surface area contributed by atoms with Gasteiger partial charge < -0.3 is 5.32 Å². The van der Waals surface area contributed by atoms with E-state index in [0.717, 1.165) is 12.1 Å². The minimum Gasteiger partial charge on any atom is -0.348 e. The van der Waals surface area contributed by atoms with E-state index in [1.807, 2.05) is 0 Å². The van der Waals surface area contributed by atoms with Crippen LogP contribution in [0.15, 0.2) is 66.9 Å². The molecule has 0 aliphatic carbocycles. The lowest BCUT2D eigenvalue weighted by atomic mass is 10.1. The van der Waals surface area contributed by atoms with E-state index in [2.05, 4.69) is 10.4 Å². The van der Waals surface area contributed by atoms with Gasteiger partial charge in [-0.1, -0.05) is 29.8 Å². The van der Waals surface area contributed by atoms with Crippen LogP contribution in [0.4, 0.5) is 17.6 Å². The summed E-state index contributed by atoms with van der Waals surface area (Å²) in [5.41, 5.74) is 0.967. The summed E-state index contributed by atoms with van der Waals surface area (Å²) in [7, 11) is 0. The molecule has 158 valence electrons. The van der Waals surface area contributed by atoms with E-state index < -0.39 is 23.5 Å². The molecular formula is C22H14ClF4N3O. The minimum absolute atomic E-state index is 0.0591. The number of halogens is 5. The highest BCUT2D eigenvalue weighted by atomic mass is 35.5. The Morgan fingerprint density at radius 3 is 2.58 bits per heavy atom. The molecule has 0 spiro atoms. The molecule has 3 aromatic carbocycles. The van der Waals surface area contributed by atoms with Crippen LogP contribution in [-0.2, 0) is 12.7 Å². The van der Waals surface area contributed by atoms with Crippen LogP contribution < -0.4 is 5.32 Å². The van der Waals surface area contributed by atoms with Crippen LogP contribution >= 0.6 is 11.6 Å². The number of hydrogen-bond donors (Lipinski definition) is 1. The Balaban J connectivity index is 1.59. The van der Waals surface area contributed by atoms with Crippen LogP contribution in [0.3, 0.4) is 0 Å². The zero-order valence-corrected chi connectivity index (χ0v) is 16.5. The molecule has 1 N–H and O–H groups in total. The molecule has 4 rings (SSSR count). The lowest BCUT2D eigenvalue weighted by Crippen LogP contribution is -2.23. The molecule has 0 fully saturated rings. The van der Waals surface area contributed by atoms with Crippen LogP contribution in [0.25, 0.3) is 16.6 Å². The van der Waals surface area contributed by atoms with Crippen molar-refractivity contribution in [1.82, 2.24) is 15.1 Å². The Morgan fingerprint density at radius 2 is 1.84 bits per heavy atom. The van der Waals surface area contributed by atoms with Gasteiger partial charge in [0.1, 0.15) is 5.82 Å². The number of aromatic nitrogens is 2. The number of amides is 1. The number of rotatable bonds is 4. The van der Waals surface area contributed by atoms with Gasteiger partial charge in [0.15, 0.2) is 0 Å². The summed E-state index contributed by atoms with van der Waals surface area (Å²) in [6.45, 7) is -0.0686. The second kappa shape index (κ2) is 8.03. The molecule has 0 saturated carbocycles. The summed E-state index contributed by atoms with van der Waals surface area (Å²) in [6.07, 6.45) is -2.96. The molecule has 1 heterocycles. The standard InChI is InChI=1S/C22H14ClF4N3O/c23-18-10-15(7-8-19(18)24)30-20-6-2-5-16(17(20)12-29-30)21(31)28-11-13-3-1-4-14(9-13)22(25,26)27/h1-10,12H,11H2,(H,28,31). The summed E-state index contributed by atoms with van der Waals surface area (Å²) in [5.74, 6) is -1.02. The maximum absolute atomic E-state index is 13.5. The van der Waals surface area contributed by atoms with E-state index in [0.29, 0.717) is 27.7 Å². The maximum Gasteiger partial charge on any atom is 0.416 e. The van der Waals surface area contributed by atoms with E-state index in [4.69, 9.17) is 11.6 Å². The molecule has 0 aliphatic rings. The molecule has 4 aromatic rings. The molecular weight excluding hydrogens is 434 g/mol. The van der Waals surface area contributed by atoms with Crippen molar-refractivity contribution >= 4 is 28.4 Å². The van der Waals surface area contributed by atoms with Crippen molar-refractivity contribution in [2.75, 3.05) is 0 Å². The number of fused-ring (bicyclic) bond motifs is 1. The monoisotopic (exact) mass is 447 g/mol. The third-order valence-corrected chi connectivity index (χ3v) is 5.00. The van der Waals surface area contributed by atoms with Gasteiger partial charge in [-0.15, -0.1) is 0 Å². The number of carbonyl (C=O) groups excluding carboxylic acids is 1. The molecule has 0 bridgehead atoms. The predicted molar refractivity (Wildman–Crippen MR) is 109 cm³/mol. The SMILES string of the molecule is O=C(NCc1cccc(C(F)(F)F)c1)c1cccc2c1cnn2-c1ccc(F)c(Cl)c1. The molecule has 1 aromatic heterocycles. The highest BCUT2D eigenvalue weighted by molar-refractivity contribution is 6.30. The third-order valence-electron chi connectivity index (χ3n) is 4.71. The lowest BCUT2D eigenvalue weighted by molar-refractivity contribution is -0.137. The van der Waals surface area contributed by atoms with Crippen LogP contribution in [0, 0.1) is 5.82 Å². The Hall–Kier alpha value is -3.39. The van der Waals surface area contributed by atoms with Gasteiger partial charge in [0.25, 0.3) is 5.91 Å². The van der Waals surface area contributed by atoms with Crippen LogP contribution in [0.5, 0.6) is 0 Å². The fraction of sp³-hybridized carbons (Fsp3) is 0.0909. The summed E-state index contributed by atoms with van der Waals surface area (Å²) < 4.78 is 53.6. The maximum atomic E-state index is 13.5. The van der Waals surface area contributed by atoms with Crippen molar-refractivity contribution in [2.24, 2.45) is 0 Å². The van der Waals surface area contributed by atoms with E-state index in [1.165, 1.54) is 41.2 Å². The molecule has 1 amide bonds. The van der Waals surface area contributed by atoms with E-state index in [-0.39, 0.29) is 11.6 Å². The number of nitrogens with zero attached hydrogens (tertiary/aromatic N) is 2. The summed E-state index contributed by atoms with van der Waals surface area (Å²) >= 11 is 5.85. The Kier molecular flexibility index (Phi) is 5.41. The van der Waals surface area contributed by atoms with Gasteiger partial charge in [-0.05, 0) is 48.0 Å². The van der Waals surface area contributed by atoms with Gasteiger partial charge in [-0.3, -0.25) is 4.79 Å². The van der Waals surface area contributed by atoms with Gasteiger partial charge in [0, 0.05) is 11.9 Å². The van der Waals surface area contributed by atoms with Crippen molar-refractivity contribution in [3.8, 4) is 5.69 Å². The number of benzene rings is 3. The summed E-state index contributed by atoms with van der Waals surface area (Å²) in [6, 6.07) is 13.9. The largest absolute Gasteiger partial charge is 0.416 e. The molecule has 31 heavy (non-hydrogen) atoms. The molecule has 4 nitrogen and oxygen atoms in total. The van der Waals surface area contributed by atoms with Gasteiger partial charge in [-0.25, -0.2) is 9.07 Å². The van der Waals surface area contributed by atoms with Gasteiger partial charge in [0.2, 0.25) is 0 Å². The first-order valence-electron chi connectivity index (χ1n) is 9.10. The second-order valence-corrected chi connectivity index (χ2v) is 7.18. The van der Waals surface area contributed by atoms with Gasteiger partial charge in [-0.2, -0.15) is 18.3 Å². The summed E-state index contributed by atoms with van der Waals surface area (Å²) in [5, 5.41) is 7.38. The molecule has 0 unspecified atom stereocenters. The Bertz CT molecular complexity index is 1280. The van der Waals surface area contributed by atoms with Gasteiger partial charge >= 0.3 is 6.18 Å². The first-order chi connectivity index (χ1) is 14.7.